The minimum atomic E-state index is -0.730. The number of carboxylic acids is 1. The average molecular weight is 232 g/mol. The van der Waals surface area contributed by atoms with Crippen molar-refractivity contribution >= 4 is 5.97 Å². The molecule has 3 rings (SSSR count). The number of carbonyl (C=O) groups is 1. The lowest BCUT2D eigenvalue weighted by molar-refractivity contribution is -0.141. The van der Waals surface area contributed by atoms with Crippen LogP contribution in [0.2, 0.25) is 0 Å². The van der Waals surface area contributed by atoms with Gasteiger partial charge >= 0.3 is 5.97 Å². The Bertz CT molecular complexity index is 447. The summed E-state index contributed by atoms with van der Waals surface area (Å²) < 4.78 is 6.10. The van der Waals surface area contributed by atoms with E-state index in [0.717, 1.165) is 37.0 Å². The fraction of sp³-hybridized carbons (Fsp3) is 0.500. The van der Waals surface area contributed by atoms with Crippen LogP contribution in [0.3, 0.4) is 0 Å². The van der Waals surface area contributed by atoms with Gasteiger partial charge in [0.25, 0.3) is 0 Å². The Morgan fingerprint density at radius 3 is 2.71 bits per heavy atom. The highest BCUT2D eigenvalue weighted by molar-refractivity contribution is 5.78. The molecular weight excluding hydrogens is 216 g/mol. The summed E-state index contributed by atoms with van der Waals surface area (Å²) in [6.45, 7) is 0. The van der Waals surface area contributed by atoms with Gasteiger partial charge in [-0.1, -0.05) is 18.2 Å². The number of hydrogen-bond donors (Lipinski definition) is 1. The van der Waals surface area contributed by atoms with Crippen molar-refractivity contribution in [1.29, 1.82) is 0 Å². The Balaban J connectivity index is 2.03. The van der Waals surface area contributed by atoms with Crippen molar-refractivity contribution in [3.63, 3.8) is 0 Å². The Morgan fingerprint density at radius 2 is 2.00 bits per heavy atom. The monoisotopic (exact) mass is 232 g/mol. The fourth-order valence-electron chi connectivity index (χ4n) is 3.16. The van der Waals surface area contributed by atoms with Gasteiger partial charge in [-0.05, 0) is 31.7 Å². The predicted molar refractivity (Wildman–Crippen MR) is 63.3 cm³/mol. The molecule has 1 spiro atoms. The topological polar surface area (TPSA) is 46.5 Å². The molecule has 1 atom stereocenters. The highest BCUT2D eigenvalue weighted by atomic mass is 16.5. The molecule has 1 aliphatic heterocycles. The van der Waals surface area contributed by atoms with E-state index < -0.39 is 11.9 Å². The van der Waals surface area contributed by atoms with Crippen LogP contribution in [0.5, 0.6) is 5.75 Å². The van der Waals surface area contributed by atoms with Crippen molar-refractivity contribution in [2.24, 2.45) is 0 Å². The highest BCUT2D eigenvalue weighted by Gasteiger charge is 2.45. The van der Waals surface area contributed by atoms with E-state index in [0.29, 0.717) is 6.42 Å². The van der Waals surface area contributed by atoms with Gasteiger partial charge < -0.3 is 9.84 Å². The number of para-hydroxylation sites is 1. The first-order valence-corrected chi connectivity index (χ1v) is 6.21. The van der Waals surface area contributed by atoms with Gasteiger partial charge in [-0.2, -0.15) is 0 Å². The molecule has 90 valence electrons. The maximum Gasteiger partial charge on any atom is 0.311 e. The molecule has 1 unspecified atom stereocenters. The maximum absolute atomic E-state index is 11.4. The molecule has 0 aromatic heterocycles. The zero-order valence-electron chi connectivity index (χ0n) is 9.69. The molecule has 0 radical (unpaired) electrons. The van der Waals surface area contributed by atoms with E-state index >= 15 is 0 Å². The molecule has 1 saturated carbocycles. The van der Waals surface area contributed by atoms with Crippen molar-refractivity contribution < 1.29 is 14.6 Å². The van der Waals surface area contributed by atoms with Crippen LogP contribution in [0.25, 0.3) is 0 Å². The van der Waals surface area contributed by atoms with Gasteiger partial charge in [-0.25, -0.2) is 0 Å². The van der Waals surface area contributed by atoms with E-state index in [1.54, 1.807) is 0 Å². The SMILES string of the molecule is O=C(O)C1CC2(CCCC2)Oc2ccccc21. The van der Waals surface area contributed by atoms with Crippen LogP contribution >= 0.6 is 0 Å². The fourth-order valence-corrected chi connectivity index (χ4v) is 3.16. The summed E-state index contributed by atoms with van der Waals surface area (Å²) in [5.41, 5.74) is 0.620. The molecule has 1 fully saturated rings. The molecular formula is C14H16O3. The number of aliphatic carboxylic acids is 1. The van der Waals surface area contributed by atoms with Gasteiger partial charge in [0.1, 0.15) is 11.4 Å². The predicted octanol–water partition coefficient (Wildman–Crippen LogP) is 2.95. The summed E-state index contributed by atoms with van der Waals surface area (Å²) in [7, 11) is 0. The van der Waals surface area contributed by atoms with E-state index in [-0.39, 0.29) is 5.60 Å². The lowest BCUT2D eigenvalue weighted by Gasteiger charge is -2.38. The Morgan fingerprint density at radius 1 is 1.29 bits per heavy atom. The minimum absolute atomic E-state index is 0.211. The van der Waals surface area contributed by atoms with Crippen LogP contribution in [0, 0.1) is 0 Å². The normalized spacial score (nSPS) is 25.3. The molecule has 3 heteroatoms. The van der Waals surface area contributed by atoms with Gasteiger partial charge in [0.05, 0.1) is 5.92 Å². The van der Waals surface area contributed by atoms with Crippen molar-refractivity contribution in [2.45, 2.75) is 43.6 Å². The number of fused-ring (bicyclic) bond motifs is 1. The maximum atomic E-state index is 11.4. The third-order valence-corrected chi connectivity index (χ3v) is 4.01. The van der Waals surface area contributed by atoms with Gasteiger partial charge in [-0.3, -0.25) is 4.79 Å². The minimum Gasteiger partial charge on any atom is -0.487 e. The summed E-state index contributed by atoms with van der Waals surface area (Å²) >= 11 is 0. The van der Waals surface area contributed by atoms with Gasteiger partial charge in [0.2, 0.25) is 0 Å². The smallest absolute Gasteiger partial charge is 0.311 e. The largest absolute Gasteiger partial charge is 0.487 e. The molecule has 2 aliphatic rings. The highest BCUT2D eigenvalue weighted by Crippen LogP contribution is 2.47. The second-order valence-electron chi connectivity index (χ2n) is 5.12. The lowest BCUT2D eigenvalue weighted by atomic mass is 9.81. The van der Waals surface area contributed by atoms with Crippen molar-refractivity contribution in [3.8, 4) is 5.75 Å². The molecule has 1 heterocycles. The summed E-state index contributed by atoms with van der Waals surface area (Å²) in [5.74, 6) is -0.363. The molecule has 1 aliphatic carbocycles. The zero-order chi connectivity index (χ0) is 11.9. The van der Waals surface area contributed by atoms with Crippen LogP contribution in [0.1, 0.15) is 43.6 Å². The van der Waals surface area contributed by atoms with Crippen LogP contribution in [-0.2, 0) is 4.79 Å². The van der Waals surface area contributed by atoms with Gasteiger partial charge in [0, 0.05) is 12.0 Å². The summed E-state index contributed by atoms with van der Waals surface area (Å²) in [6.07, 6.45) is 4.90. The number of carboxylic acid groups (broad SMARTS) is 1. The standard InChI is InChI=1S/C14H16O3/c15-13(16)11-9-14(7-3-4-8-14)17-12-6-2-1-5-10(11)12/h1-2,5-6,11H,3-4,7-9H2,(H,15,16). The first-order valence-electron chi connectivity index (χ1n) is 6.21. The summed E-state index contributed by atoms with van der Waals surface area (Å²) in [6, 6.07) is 7.55. The van der Waals surface area contributed by atoms with E-state index in [9.17, 15) is 9.90 Å². The van der Waals surface area contributed by atoms with E-state index in [1.807, 2.05) is 24.3 Å². The third kappa shape index (κ3) is 1.70. The van der Waals surface area contributed by atoms with Crippen LogP contribution in [0.4, 0.5) is 0 Å². The number of benzene rings is 1. The Hall–Kier alpha value is -1.51. The molecule has 0 saturated heterocycles. The molecule has 1 aromatic carbocycles. The molecule has 0 amide bonds. The quantitative estimate of drug-likeness (QED) is 0.809. The Kier molecular flexibility index (Phi) is 2.35. The molecule has 1 aromatic rings. The first kappa shape index (κ1) is 10.6. The second kappa shape index (κ2) is 3.76. The second-order valence-corrected chi connectivity index (χ2v) is 5.12. The van der Waals surface area contributed by atoms with Crippen molar-refractivity contribution in [2.75, 3.05) is 0 Å². The lowest BCUT2D eigenvalue weighted by Crippen LogP contribution is -2.40. The van der Waals surface area contributed by atoms with Crippen LogP contribution < -0.4 is 4.74 Å². The number of rotatable bonds is 1. The average Bonchev–Trinajstić information content (AvgIpc) is 2.76. The molecule has 1 N–H and O–H groups in total. The van der Waals surface area contributed by atoms with Crippen LogP contribution in [0.15, 0.2) is 24.3 Å². The van der Waals surface area contributed by atoms with Gasteiger partial charge in [-0.15, -0.1) is 0 Å². The van der Waals surface area contributed by atoms with E-state index in [1.165, 1.54) is 0 Å². The molecule has 3 nitrogen and oxygen atoms in total. The summed E-state index contributed by atoms with van der Waals surface area (Å²) in [4.78, 5) is 11.4. The van der Waals surface area contributed by atoms with Crippen molar-refractivity contribution in [1.82, 2.24) is 0 Å². The Labute approximate surface area is 100 Å². The zero-order valence-corrected chi connectivity index (χ0v) is 9.69. The number of hydrogen-bond acceptors (Lipinski definition) is 2. The van der Waals surface area contributed by atoms with E-state index in [4.69, 9.17) is 4.74 Å². The first-order chi connectivity index (χ1) is 8.20. The van der Waals surface area contributed by atoms with Crippen LogP contribution in [-0.4, -0.2) is 16.7 Å². The van der Waals surface area contributed by atoms with E-state index in [2.05, 4.69) is 0 Å². The molecule has 0 bridgehead atoms. The number of ether oxygens (including phenoxy) is 1. The van der Waals surface area contributed by atoms with Gasteiger partial charge in [0.15, 0.2) is 0 Å². The van der Waals surface area contributed by atoms with Crippen molar-refractivity contribution in [3.05, 3.63) is 29.8 Å². The molecule has 17 heavy (non-hydrogen) atoms. The third-order valence-electron chi connectivity index (χ3n) is 4.01. The summed E-state index contributed by atoms with van der Waals surface area (Å²) in [5, 5.41) is 9.37.